The Kier molecular flexibility index (Phi) is 5.69. The Balaban J connectivity index is 2.16. The molecule has 0 bridgehead atoms. The molecule has 0 aliphatic carbocycles. The average Bonchev–Trinajstić information content (AvgIpc) is 2.47. The van der Waals surface area contributed by atoms with Gasteiger partial charge in [-0.3, -0.25) is 0 Å². The monoisotopic (exact) mass is 321 g/mol. The Bertz CT molecular complexity index is 610. The zero-order chi connectivity index (χ0) is 15.4. The van der Waals surface area contributed by atoms with Crippen LogP contribution in [0.1, 0.15) is 49.0 Å². The fourth-order valence-corrected chi connectivity index (χ4v) is 2.82. The molecule has 112 valence electrons. The van der Waals surface area contributed by atoms with Crippen LogP contribution in [0.5, 0.6) is 0 Å². The molecule has 3 heteroatoms. The number of hydrogen-bond acceptors (Lipinski definition) is 1. The summed E-state index contributed by atoms with van der Waals surface area (Å²) in [7, 11) is 0. The molecular weight excluding hydrogens is 301 g/mol. The third-order valence-corrected chi connectivity index (χ3v) is 4.49. The van der Waals surface area contributed by atoms with E-state index in [9.17, 15) is 0 Å². The van der Waals surface area contributed by atoms with Crippen molar-refractivity contribution in [3.63, 3.8) is 0 Å². The average molecular weight is 322 g/mol. The van der Waals surface area contributed by atoms with E-state index >= 15 is 0 Å². The van der Waals surface area contributed by atoms with E-state index in [1.807, 2.05) is 18.2 Å². The van der Waals surface area contributed by atoms with E-state index in [-0.39, 0.29) is 12.1 Å². The second kappa shape index (κ2) is 7.31. The van der Waals surface area contributed by atoms with Crippen LogP contribution < -0.4 is 5.32 Å². The summed E-state index contributed by atoms with van der Waals surface area (Å²) in [6.45, 7) is 6.48. The first-order chi connectivity index (χ1) is 10.0. The van der Waals surface area contributed by atoms with Gasteiger partial charge in [-0.1, -0.05) is 66.0 Å². The summed E-state index contributed by atoms with van der Waals surface area (Å²) in [4.78, 5) is 0. The van der Waals surface area contributed by atoms with Crippen LogP contribution >= 0.6 is 23.2 Å². The maximum atomic E-state index is 6.13. The third kappa shape index (κ3) is 4.23. The zero-order valence-corrected chi connectivity index (χ0v) is 14.2. The molecule has 2 rings (SSSR count). The van der Waals surface area contributed by atoms with Crippen LogP contribution in [0.4, 0.5) is 0 Å². The molecule has 2 atom stereocenters. The summed E-state index contributed by atoms with van der Waals surface area (Å²) in [6, 6.07) is 15.0. The minimum atomic E-state index is 0.260. The van der Waals surface area contributed by atoms with Crippen LogP contribution in [0, 0.1) is 6.92 Å². The molecule has 1 N–H and O–H groups in total. The van der Waals surface area contributed by atoms with Gasteiger partial charge in [0.15, 0.2) is 0 Å². The lowest BCUT2D eigenvalue weighted by Gasteiger charge is -2.23. The SMILES string of the molecule is CCC(N[C@@H](C)c1cccc(C)c1)c1ccc(Cl)c(Cl)c1. The van der Waals surface area contributed by atoms with Gasteiger partial charge in [0.05, 0.1) is 10.0 Å². The molecular formula is C18H21Cl2N. The Morgan fingerprint density at radius 3 is 2.38 bits per heavy atom. The molecule has 1 nitrogen and oxygen atoms in total. The maximum Gasteiger partial charge on any atom is 0.0595 e. The van der Waals surface area contributed by atoms with Crippen molar-refractivity contribution in [2.45, 2.75) is 39.3 Å². The lowest BCUT2D eigenvalue weighted by molar-refractivity contribution is 0.456. The highest BCUT2D eigenvalue weighted by Gasteiger charge is 2.15. The van der Waals surface area contributed by atoms with E-state index in [2.05, 4.69) is 50.4 Å². The second-order valence-corrected chi connectivity index (χ2v) is 6.25. The predicted octanol–water partition coefficient (Wildman–Crippen LogP) is 6.10. The van der Waals surface area contributed by atoms with Gasteiger partial charge in [0, 0.05) is 12.1 Å². The summed E-state index contributed by atoms with van der Waals surface area (Å²) >= 11 is 12.1. The maximum absolute atomic E-state index is 6.13. The van der Waals surface area contributed by atoms with Crippen molar-refractivity contribution in [1.82, 2.24) is 5.32 Å². The zero-order valence-electron chi connectivity index (χ0n) is 12.7. The standard InChI is InChI=1S/C18H21Cl2N/c1-4-18(15-8-9-16(19)17(20)11-15)21-13(3)14-7-5-6-12(2)10-14/h5-11,13,18,21H,4H2,1-3H3/t13-,18?/m0/s1. The molecule has 0 heterocycles. The summed E-state index contributed by atoms with van der Waals surface area (Å²) in [6.07, 6.45) is 0.994. The number of nitrogens with one attached hydrogen (secondary N) is 1. The van der Waals surface area contributed by atoms with E-state index in [1.165, 1.54) is 16.7 Å². The summed E-state index contributed by atoms with van der Waals surface area (Å²) < 4.78 is 0. The molecule has 2 aromatic carbocycles. The highest BCUT2D eigenvalue weighted by Crippen LogP contribution is 2.28. The second-order valence-electron chi connectivity index (χ2n) is 5.44. The van der Waals surface area contributed by atoms with Crippen molar-refractivity contribution in [3.05, 3.63) is 69.2 Å². The van der Waals surface area contributed by atoms with Crippen molar-refractivity contribution < 1.29 is 0 Å². The molecule has 0 radical (unpaired) electrons. The molecule has 1 unspecified atom stereocenters. The van der Waals surface area contributed by atoms with Gasteiger partial charge < -0.3 is 5.32 Å². The molecule has 0 amide bonds. The first kappa shape index (κ1) is 16.4. The Morgan fingerprint density at radius 2 is 1.76 bits per heavy atom. The minimum Gasteiger partial charge on any atom is -0.303 e. The van der Waals surface area contributed by atoms with Gasteiger partial charge >= 0.3 is 0 Å². The van der Waals surface area contributed by atoms with Gasteiger partial charge in [-0.15, -0.1) is 0 Å². The van der Waals surface area contributed by atoms with Gasteiger partial charge in [-0.2, -0.15) is 0 Å². The van der Waals surface area contributed by atoms with Gasteiger partial charge in [-0.25, -0.2) is 0 Å². The Labute approximate surface area is 137 Å². The lowest BCUT2D eigenvalue weighted by atomic mass is 10.0. The number of hydrogen-bond donors (Lipinski definition) is 1. The van der Waals surface area contributed by atoms with E-state index in [1.54, 1.807) is 0 Å². The van der Waals surface area contributed by atoms with Crippen molar-refractivity contribution >= 4 is 23.2 Å². The van der Waals surface area contributed by atoms with Crippen molar-refractivity contribution in [2.75, 3.05) is 0 Å². The molecule has 0 fully saturated rings. The van der Waals surface area contributed by atoms with E-state index in [0.29, 0.717) is 10.0 Å². The normalized spacial score (nSPS) is 14.0. The molecule has 0 aromatic heterocycles. The number of benzene rings is 2. The Morgan fingerprint density at radius 1 is 1.00 bits per heavy atom. The first-order valence-electron chi connectivity index (χ1n) is 7.28. The van der Waals surface area contributed by atoms with E-state index < -0.39 is 0 Å². The number of halogens is 2. The quantitative estimate of drug-likeness (QED) is 0.701. The minimum absolute atomic E-state index is 0.260. The van der Waals surface area contributed by atoms with Gasteiger partial charge in [-0.05, 0) is 43.5 Å². The molecule has 21 heavy (non-hydrogen) atoms. The van der Waals surface area contributed by atoms with E-state index in [4.69, 9.17) is 23.2 Å². The third-order valence-electron chi connectivity index (χ3n) is 3.75. The highest BCUT2D eigenvalue weighted by atomic mass is 35.5. The molecule has 0 aliphatic rings. The fraction of sp³-hybridized carbons (Fsp3) is 0.333. The summed E-state index contributed by atoms with van der Waals surface area (Å²) in [5.41, 5.74) is 3.75. The molecule has 0 spiro atoms. The Hall–Kier alpha value is -1.02. The van der Waals surface area contributed by atoms with Gasteiger partial charge in [0.1, 0.15) is 0 Å². The largest absolute Gasteiger partial charge is 0.303 e. The van der Waals surface area contributed by atoms with Crippen LogP contribution in [-0.4, -0.2) is 0 Å². The van der Waals surface area contributed by atoms with Crippen molar-refractivity contribution in [2.24, 2.45) is 0 Å². The molecule has 2 aromatic rings. The van der Waals surface area contributed by atoms with Crippen LogP contribution in [-0.2, 0) is 0 Å². The number of aryl methyl sites for hydroxylation is 1. The summed E-state index contributed by atoms with van der Waals surface area (Å²) in [5.74, 6) is 0. The highest BCUT2D eigenvalue weighted by molar-refractivity contribution is 6.42. The van der Waals surface area contributed by atoms with Gasteiger partial charge in [0.25, 0.3) is 0 Å². The molecule has 0 aliphatic heterocycles. The lowest BCUT2D eigenvalue weighted by Crippen LogP contribution is -2.24. The topological polar surface area (TPSA) is 12.0 Å². The fourth-order valence-electron chi connectivity index (χ4n) is 2.52. The predicted molar refractivity (Wildman–Crippen MR) is 92.2 cm³/mol. The van der Waals surface area contributed by atoms with Crippen molar-refractivity contribution in [3.8, 4) is 0 Å². The smallest absolute Gasteiger partial charge is 0.0595 e. The van der Waals surface area contributed by atoms with Gasteiger partial charge in [0.2, 0.25) is 0 Å². The molecule has 0 saturated carbocycles. The molecule has 0 saturated heterocycles. The van der Waals surface area contributed by atoms with E-state index in [0.717, 1.165) is 6.42 Å². The number of rotatable bonds is 5. The van der Waals surface area contributed by atoms with Crippen LogP contribution in [0.3, 0.4) is 0 Å². The summed E-state index contributed by atoms with van der Waals surface area (Å²) in [5, 5.41) is 4.88. The van der Waals surface area contributed by atoms with Crippen LogP contribution in [0.15, 0.2) is 42.5 Å². The first-order valence-corrected chi connectivity index (χ1v) is 8.04. The van der Waals surface area contributed by atoms with Crippen LogP contribution in [0.25, 0.3) is 0 Å². The van der Waals surface area contributed by atoms with Crippen LogP contribution in [0.2, 0.25) is 10.0 Å². The van der Waals surface area contributed by atoms with Crippen molar-refractivity contribution in [1.29, 1.82) is 0 Å².